The molecule has 0 saturated carbocycles. The quantitative estimate of drug-likeness (QED) is 0.593. The summed E-state index contributed by atoms with van der Waals surface area (Å²) >= 11 is 0. The van der Waals surface area contributed by atoms with Gasteiger partial charge < -0.3 is 18.9 Å². The number of Topliss-reactive ketones (excluding diaryl/α,β-unsaturated/α-hetero) is 1. The van der Waals surface area contributed by atoms with Crippen LogP contribution in [0.3, 0.4) is 0 Å². The van der Waals surface area contributed by atoms with Crippen LogP contribution in [0.4, 0.5) is 0 Å². The maximum absolute atomic E-state index is 12.8. The molecule has 1 aliphatic heterocycles. The molecule has 0 N–H and O–H groups in total. The van der Waals surface area contributed by atoms with Crippen molar-refractivity contribution < 1.29 is 28.5 Å². The second kappa shape index (κ2) is 7.95. The van der Waals surface area contributed by atoms with Gasteiger partial charge >= 0.3 is 5.97 Å². The van der Waals surface area contributed by atoms with Crippen LogP contribution in [0.5, 0.6) is 17.2 Å². The molecule has 1 atom stereocenters. The Morgan fingerprint density at radius 2 is 1.89 bits per heavy atom. The van der Waals surface area contributed by atoms with E-state index in [1.807, 2.05) is 12.1 Å². The molecule has 1 heterocycles. The molecule has 1 aliphatic rings. The van der Waals surface area contributed by atoms with Crippen molar-refractivity contribution in [3.8, 4) is 17.2 Å². The number of benzene rings is 2. The smallest absolute Gasteiger partial charge is 0.330 e. The molecule has 0 aromatic heterocycles. The molecule has 140 valence electrons. The van der Waals surface area contributed by atoms with Crippen LogP contribution >= 0.6 is 0 Å². The van der Waals surface area contributed by atoms with E-state index in [9.17, 15) is 9.59 Å². The monoisotopic (exact) mass is 368 g/mol. The Labute approximate surface area is 157 Å². The van der Waals surface area contributed by atoms with Gasteiger partial charge in [-0.15, -0.1) is 0 Å². The Morgan fingerprint density at radius 3 is 2.59 bits per heavy atom. The summed E-state index contributed by atoms with van der Waals surface area (Å²) in [5.74, 6) is 1.13. The lowest BCUT2D eigenvalue weighted by Gasteiger charge is -2.27. The minimum Gasteiger partial charge on any atom is -0.493 e. The van der Waals surface area contributed by atoms with Crippen molar-refractivity contribution in [1.29, 1.82) is 0 Å². The summed E-state index contributed by atoms with van der Waals surface area (Å²) in [6.07, 6.45) is 2.60. The highest BCUT2D eigenvalue weighted by molar-refractivity contribution is 6.04. The molecular formula is C21H20O6. The van der Waals surface area contributed by atoms with Crippen LogP contribution in [0.1, 0.15) is 34.0 Å². The van der Waals surface area contributed by atoms with Gasteiger partial charge in [-0.3, -0.25) is 4.79 Å². The second-order valence-corrected chi connectivity index (χ2v) is 5.93. The van der Waals surface area contributed by atoms with Gasteiger partial charge in [0, 0.05) is 6.08 Å². The molecule has 27 heavy (non-hydrogen) atoms. The fourth-order valence-corrected chi connectivity index (χ4v) is 3.01. The summed E-state index contributed by atoms with van der Waals surface area (Å²) in [5.41, 5.74) is 1.91. The van der Waals surface area contributed by atoms with Crippen molar-refractivity contribution in [1.82, 2.24) is 0 Å². The highest BCUT2D eigenvalue weighted by Crippen LogP contribution is 2.39. The second-order valence-electron chi connectivity index (χ2n) is 5.93. The first kappa shape index (κ1) is 18.5. The van der Waals surface area contributed by atoms with E-state index < -0.39 is 12.1 Å². The van der Waals surface area contributed by atoms with Crippen LogP contribution < -0.4 is 14.2 Å². The van der Waals surface area contributed by atoms with Gasteiger partial charge in [-0.1, -0.05) is 18.2 Å². The number of rotatable bonds is 5. The highest BCUT2D eigenvalue weighted by atomic mass is 16.5. The number of ketones is 1. The molecule has 6 nitrogen and oxygen atoms in total. The molecule has 0 spiro atoms. The van der Waals surface area contributed by atoms with E-state index in [4.69, 9.17) is 14.2 Å². The lowest BCUT2D eigenvalue weighted by molar-refractivity contribution is -0.134. The fraction of sp³-hybridized carbons (Fsp3) is 0.238. The zero-order chi connectivity index (χ0) is 19.4. The topological polar surface area (TPSA) is 71.1 Å². The van der Waals surface area contributed by atoms with Gasteiger partial charge in [-0.05, 0) is 35.4 Å². The summed E-state index contributed by atoms with van der Waals surface area (Å²) in [4.78, 5) is 24.1. The van der Waals surface area contributed by atoms with E-state index >= 15 is 0 Å². The standard InChI is InChI=1S/C21H20O6/c1-24-16-9-7-14(11-19(16)25-2)18-12-15(22)21-13(8-10-20(23)26-3)5-4-6-17(21)27-18/h4-11,18H,12H2,1-3H3/b10-8+. The van der Waals surface area contributed by atoms with E-state index in [1.54, 1.807) is 44.6 Å². The Hall–Kier alpha value is -3.28. The Balaban J connectivity index is 1.92. The van der Waals surface area contributed by atoms with E-state index in [0.717, 1.165) is 5.56 Å². The Bertz CT molecular complexity index is 900. The molecule has 3 rings (SSSR count). The summed E-state index contributed by atoms with van der Waals surface area (Å²) in [6, 6.07) is 10.7. The molecule has 1 unspecified atom stereocenters. The lowest BCUT2D eigenvalue weighted by atomic mass is 9.92. The van der Waals surface area contributed by atoms with Crippen LogP contribution in [-0.2, 0) is 9.53 Å². The predicted molar refractivity (Wildman–Crippen MR) is 99.4 cm³/mol. The number of hydrogen-bond donors (Lipinski definition) is 0. The van der Waals surface area contributed by atoms with Crippen molar-refractivity contribution >= 4 is 17.8 Å². The zero-order valence-electron chi connectivity index (χ0n) is 15.4. The third kappa shape index (κ3) is 3.79. The van der Waals surface area contributed by atoms with E-state index in [-0.39, 0.29) is 12.2 Å². The molecule has 2 aromatic carbocycles. The number of esters is 1. The molecular weight excluding hydrogens is 348 g/mol. The van der Waals surface area contributed by atoms with Crippen molar-refractivity contribution in [2.45, 2.75) is 12.5 Å². The van der Waals surface area contributed by atoms with Gasteiger partial charge in [-0.2, -0.15) is 0 Å². The number of ether oxygens (including phenoxy) is 4. The molecule has 0 saturated heterocycles. The molecule has 0 fully saturated rings. The number of carbonyl (C=O) groups excluding carboxylic acids is 2. The summed E-state index contributed by atoms with van der Waals surface area (Å²) < 4.78 is 21.2. The average molecular weight is 368 g/mol. The van der Waals surface area contributed by atoms with Crippen LogP contribution in [0.2, 0.25) is 0 Å². The molecule has 2 aromatic rings. The third-order valence-electron chi connectivity index (χ3n) is 4.36. The molecule has 0 aliphatic carbocycles. The summed E-state index contributed by atoms with van der Waals surface area (Å²) in [7, 11) is 4.43. The van der Waals surface area contributed by atoms with Crippen LogP contribution in [0, 0.1) is 0 Å². The minimum absolute atomic E-state index is 0.0545. The maximum Gasteiger partial charge on any atom is 0.330 e. The largest absolute Gasteiger partial charge is 0.493 e. The highest BCUT2D eigenvalue weighted by Gasteiger charge is 2.29. The Morgan fingerprint density at radius 1 is 1.11 bits per heavy atom. The van der Waals surface area contributed by atoms with Gasteiger partial charge in [0.25, 0.3) is 0 Å². The van der Waals surface area contributed by atoms with E-state index in [1.165, 1.54) is 13.2 Å². The molecule has 0 bridgehead atoms. The zero-order valence-corrected chi connectivity index (χ0v) is 15.4. The van der Waals surface area contributed by atoms with Gasteiger partial charge in [0.05, 0.1) is 33.3 Å². The van der Waals surface area contributed by atoms with Crippen molar-refractivity contribution in [2.75, 3.05) is 21.3 Å². The number of hydrogen-bond acceptors (Lipinski definition) is 6. The summed E-state index contributed by atoms with van der Waals surface area (Å²) in [6.45, 7) is 0. The van der Waals surface area contributed by atoms with E-state index in [2.05, 4.69) is 4.74 Å². The lowest BCUT2D eigenvalue weighted by Crippen LogP contribution is -2.21. The van der Waals surface area contributed by atoms with Gasteiger partial charge in [0.1, 0.15) is 11.9 Å². The fourth-order valence-electron chi connectivity index (χ4n) is 3.01. The maximum atomic E-state index is 12.8. The first-order chi connectivity index (χ1) is 13.1. The van der Waals surface area contributed by atoms with Crippen molar-refractivity contribution in [3.05, 3.63) is 59.2 Å². The normalized spacial score (nSPS) is 15.8. The third-order valence-corrected chi connectivity index (χ3v) is 4.36. The van der Waals surface area contributed by atoms with Crippen LogP contribution in [0.15, 0.2) is 42.5 Å². The molecule has 0 amide bonds. The average Bonchev–Trinajstić information content (AvgIpc) is 2.70. The summed E-state index contributed by atoms with van der Waals surface area (Å²) in [5, 5.41) is 0. The van der Waals surface area contributed by atoms with Gasteiger partial charge in [0.2, 0.25) is 0 Å². The predicted octanol–water partition coefficient (Wildman–Crippen LogP) is 3.60. The SMILES string of the molecule is COC(=O)/C=C/c1cccc2c1C(=O)CC(c1ccc(OC)c(OC)c1)O2. The molecule has 6 heteroatoms. The van der Waals surface area contributed by atoms with E-state index in [0.29, 0.717) is 28.4 Å². The first-order valence-electron chi connectivity index (χ1n) is 8.38. The van der Waals surface area contributed by atoms with Crippen molar-refractivity contribution in [2.24, 2.45) is 0 Å². The minimum atomic E-state index is -0.486. The Kier molecular flexibility index (Phi) is 5.45. The number of carbonyl (C=O) groups is 2. The first-order valence-corrected chi connectivity index (χ1v) is 8.38. The van der Waals surface area contributed by atoms with Crippen LogP contribution in [-0.4, -0.2) is 33.1 Å². The van der Waals surface area contributed by atoms with Gasteiger partial charge in [0.15, 0.2) is 17.3 Å². The van der Waals surface area contributed by atoms with Crippen LogP contribution in [0.25, 0.3) is 6.08 Å². The van der Waals surface area contributed by atoms with Gasteiger partial charge in [-0.25, -0.2) is 4.79 Å². The number of fused-ring (bicyclic) bond motifs is 1. The molecule has 0 radical (unpaired) electrons. The number of methoxy groups -OCH3 is 3. The van der Waals surface area contributed by atoms with Crippen molar-refractivity contribution in [3.63, 3.8) is 0 Å².